The van der Waals surface area contributed by atoms with Crippen molar-refractivity contribution in [2.24, 2.45) is 0 Å². The number of aromatic hydroxyl groups is 1. The summed E-state index contributed by atoms with van der Waals surface area (Å²) in [6, 6.07) is 5.28. The predicted octanol–water partition coefficient (Wildman–Crippen LogP) is 7.20. The lowest BCUT2D eigenvalue weighted by Gasteiger charge is -2.10. The summed E-state index contributed by atoms with van der Waals surface area (Å²) in [6.45, 7) is 4.37. The Morgan fingerprint density at radius 2 is 1.33 bits per heavy atom. The summed E-state index contributed by atoms with van der Waals surface area (Å²) >= 11 is 0. The summed E-state index contributed by atoms with van der Waals surface area (Å²) in [5.41, 5.74) is 1.25. The summed E-state index contributed by atoms with van der Waals surface area (Å²) < 4.78 is 5.07. The second-order valence-corrected chi connectivity index (χ2v) is 7.52. The van der Waals surface area contributed by atoms with Gasteiger partial charge in [0.25, 0.3) is 0 Å². The van der Waals surface area contributed by atoms with Gasteiger partial charge in [-0.3, -0.25) is 0 Å². The van der Waals surface area contributed by atoms with Gasteiger partial charge in [0, 0.05) is 0 Å². The minimum atomic E-state index is -0.416. The molecular formula is C24H40O3. The number of hydrogen-bond acceptors (Lipinski definition) is 3. The quantitative estimate of drug-likeness (QED) is 0.245. The van der Waals surface area contributed by atoms with Crippen LogP contribution in [0.1, 0.15) is 113 Å². The number of aryl methyl sites for hydroxylation is 1. The van der Waals surface area contributed by atoms with E-state index in [1.54, 1.807) is 19.1 Å². The van der Waals surface area contributed by atoms with Crippen molar-refractivity contribution in [3.05, 3.63) is 29.3 Å². The zero-order chi connectivity index (χ0) is 19.7. The fourth-order valence-corrected chi connectivity index (χ4v) is 3.57. The van der Waals surface area contributed by atoms with Crippen molar-refractivity contribution in [3.63, 3.8) is 0 Å². The van der Waals surface area contributed by atoms with Crippen LogP contribution in [0.25, 0.3) is 0 Å². The lowest BCUT2D eigenvalue weighted by molar-refractivity contribution is 0.0521. The average molecular weight is 377 g/mol. The summed E-state index contributed by atoms with van der Waals surface area (Å²) in [7, 11) is 0. The molecule has 0 aliphatic carbocycles. The lowest BCUT2D eigenvalue weighted by atomic mass is 9.99. The van der Waals surface area contributed by atoms with Crippen LogP contribution in [0.5, 0.6) is 5.75 Å². The minimum absolute atomic E-state index is 0.0284. The maximum Gasteiger partial charge on any atom is 0.342 e. The first kappa shape index (κ1) is 23.5. The average Bonchev–Trinajstić information content (AvgIpc) is 2.65. The van der Waals surface area contributed by atoms with E-state index < -0.39 is 5.97 Å². The van der Waals surface area contributed by atoms with Crippen molar-refractivity contribution in [3.8, 4) is 5.75 Å². The van der Waals surface area contributed by atoms with Gasteiger partial charge >= 0.3 is 5.97 Å². The Bertz CT molecular complexity index is 510. The Morgan fingerprint density at radius 1 is 0.815 bits per heavy atom. The molecule has 0 fully saturated rings. The second kappa shape index (κ2) is 15.5. The molecule has 1 aromatic carbocycles. The Balaban J connectivity index is 2.10. The fourth-order valence-electron chi connectivity index (χ4n) is 3.57. The van der Waals surface area contributed by atoms with Crippen molar-refractivity contribution in [1.29, 1.82) is 0 Å². The van der Waals surface area contributed by atoms with Crippen molar-refractivity contribution in [1.82, 2.24) is 0 Å². The van der Waals surface area contributed by atoms with Crippen molar-refractivity contribution in [2.45, 2.75) is 104 Å². The van der Waals surface area contributed by atoms with E-state index in [0.717, 1.165) is 18.4 Å². The van der Waals surface area contributed by atoms with Crippen LogP contribution >= 0.6 is 0 Å². The molecule has 0 aliphatic heterocycles. The number of phenols is 1. The monoisotopic (exact) mass is 376 g/mol. The minimum Gasteiger partial charge on any atom is -0.507 e. The van der Waals surface area contributed by atoms with Crippen LogP contribution in [-0.4, -0.2) is 17.7 Å². The highest BCUT2D eigenvalue weighted by Crippen LogP contribution is 2.24. The van der Waals surface area contributed by atoms with E-state index in [9.17, 15) is 9.90 Å². The number of phenolic OH excluding ortho intramolecular Hbond substituents is 1. The van der Waals surface area contributed by atoms with E-state index in [-0.39, 0.29) is 5.75 Å². The standard InChI is InChI=1S/C24H40O3/c1-3-5-6-7-8-9-10-11-12-13-14-15-16-18-21-19-17-20-22(25)23(21)24(26)27-4-2/h17,19-20,25H,3-16,18H2,1-2H3. The van der Waals surface area contributed by atoms with E-state index >= 15 is 0 Å². The molecule has 0 aliphatic rings. The second-order valence-electron chi connectivity index (χ2n) is 7.52. The summed E-state index contributed by atoms with van der Waals surface area (Å²) in [5, 5.41) is 9.99. The molecule has 0 atom stereocenters. The van der Waals surface area contributed by atoms with E-state index in [1.807, 2.05) is 6.07 Å². The maximum atomic E-state index is 12.0. The molecule has 0 saturated carbocycles. The SMILES string of the molecule is CCCCCCCCCCCCCCCc1cccc(O)c1C(=O)OCC. The molecule has 3 nitrogen and oxygen atoms in total. The lowest BCUT2D eigenvalue weighted by Crippen LogP contribution is -2.08. The van der Waals surface area contributed by atoms with Crippen LogP contribution in [-0.2, 0) is 11.2 Å². The van der Waals surface area contributed by atoms with Gasteiger partial charge in [-0.15, -0.1) is 0 Å². The van der Waals surface area contributed by atoms with Gasteiger partial charge < -0.3 is 9.84 Å². The third kappa shape index (κ3) is 10.4. The fraction of sp³-hybridized carbons (Fsp3) is 0.708. The largest absolute Gasteiger partial charge is 0.507 e. The topological polar surface area (TPSA) is 46.5 Å². The van der Waals surface area contributed by atoms with Crippen LogP contribution in [0.4, 0.5) is 0 Å². The smallest absolute Gasteiger partial charge is 0.342 e. The van der Waals surface area contributed by atoms with E-state index in [1.165, 1.54) is 77.0 Å². The van der Waals surface area contributed by atoms with Crippen LogP contribution < -0.4 is 0 Å². The molecule has 154 valence electrons. The van der Waals surface area contributed by atoms with E-state index in [0.29, 0.717) is 12.2 Å². The highest BCUT2D eigenvalue weighted by atomic mass is 16.5. The van der Waals surface area contributed by atoms with Crippen LogP contribution in [0.2, 0.25) is 0 Å². The molecule has 0 unspecified atom stereocenters. The number of rotatable bonds is 16. The third-order valence-corrected chi connectivity index (χ3v) is 5.16. The molecule has 1 rings (SSSR count). The molecule has 0 spiro atoms. The summed E-state index contributed by atoms with van der Waals surface area (Å²) in [4.78, 5) is 12.0. The molecule has 0 bridgehead atoms. The number of carbonyl (C=O) groups excluding carboxylic acids is 1. The number of hydrogen-bond donors (Lipinski definition) is 1. The molecule has 0 heterocycles. The first-order chi connectivity index (χ1) is 13.2. The molecule has 0 aromatic heterocycles. The zero-order valence-electron chi connectivity index (χ0n) is 17.6. The first-order valence-corrected chi connectivity index (χ1v) is 11.2. The van der Waals surface area contributed by atoms with Crippen molar-refractivity contribution < 1.29 is 14.6 Å². The van der Waals surface area contributed by atoms with Gasteiger partial charge in [-0.05, 0) is 31.4 Å². The molecular weight excluding hydrogens is 336 g/mol. The molecule has 0 saturated heterocycles. The van der Waals surface area contributed by atoms with Gasteiger partial charge in [-0.1, -0.05) is 96.1 Å². The molecule has 3 heteroatoms. The Hall–Kier alpha value is -1.51. The zero-order valence-corrected chi connectivity index (χ0v) is 17.6. The predicted molar refractivity (Wildman–Crippen MR) is 113 cm³/mol. The highest BCUT2D eigenvalue weighted by molar-refractivity contribution is 5.94. The summed E-state index contributed by atoms with van der Waals surface area (Å²) in [6.07, 6.45) is 18.1. The molecule has 0 amide bonds. The van der Waals surface area contributed by atoms with Crippen LogP contribution in [0, 0.1) is 0 Å². The molecule has 27 heavy (non-hydrogen) atoms. The van der Waals surface area contributed by atoms with Gasteiger partial charge in [0.1, 0.15) is 11.3 Å². The van der Waals surface area contributed by atoms with Gasteiger partial charge in [0.15, 0.2) is 0 Å². The van der Waals surface area contributed by atoms with Gasteiger partial charge in [0.2, 0.25) is 0 Å². The van der Waals surface area contributed by atoms with Crippen molar-refractivity contribution in [2.75, 3.05) is 6.61 Å². The molecule has 1 N–H and O–H groups in total. The van der Waals surface area contributed by atoms with Gasteiger partial charge in [0.05, 0.1) is 6.61 Å². The molecule has 1 aromatic rings. The molecule has 0 radical (unpaired) electrons. The highest BCUT2D eigenvalue weighted by Gasteiger charge is 2.16. The van der Waals surface area contributed by atoms with E-state index in [2.05, 4.69) is 6.92 Å². The van der Waals surface area contributed by atoms with E-state index in [4.69, 9.17) is 4.74 Å². The van der Waals surface area contributed by atoms with Gasteiger partial charge in [-0.2, -0.15) is 0 Å². The van der Waals surface area contributed by atoms with Crippen LogP contribution in [0.15, 0.2) is 18.2 Å². The number of benzene rings is 1. The first-order valence-electron chi connectivity index (χ1n) is 11.2. The normalized spacial score (nSPS) is 10.9. The number of unbranched alkanes of at least 4 members (excludes halogenated alkanes) is 12. The Labute approximate surface area is 166 Å². The maximum absolute atomic E-state index is 12.0. The van der Waals surface area contributed by atoms with Crippen molar-refractivity contribution >= 4 is 5.97 Å². The number of carbonyl (C=O) groups is 1. The summed E-state index contributed by atoms with van der Waals surface area (Å²) in [5.74, 6) is -0.388. The third-order valence-electron chi connectivity index (χ3n) is 5.16. The Morgan fingerprint density at radius 3 is 1.85 bits per heavy atom. The Kier molecular flexibility index (Phi) is 13.5. The van der Waals surface area contributed by atoms with Gasteiger partial charge in [-0.25, -0.2) is 4.79 Å². The number of esters is 1. The van der Waals surface area contributed by atoms with Crippen LogP contribution in [0.3, 0.4) is 0 Å². The number of ether oxygens (including phenoxy) is 1.